The summed E-state index contributed by atoms with van der Waals surface area (Å²) in [6.45, 7) is 3.53. The van der Waals surface area contributed by atoms with Gasteiger partial charge in [0.05, 0.1) is 12.3 Å². The van der Waals surface area contributed by atoms with Gasteiger partial charge in [-0.3, -0.25) is 9.59 Å². The topological polar surface area (TPSA) is 117 Å². The van der Waals surface area contributed by atoms with Gasteiger partial charge in [-0.1, -0.05) is 37.3 Å². The molecule has 0 aliphatic carbocycles. The molecule has 0 radical (unpaired) electrons. The zero-order chi connectivity index (χ0) is 23.8. The van der Waals surface area contributed by atoms with Crippen molar-refractivity contribution in [1.29, 1.82) is 0 Å². The summed E-state index contributed by atoms with van der Waals surface area (Å²) in [5, 5.41) is 6.56. The van der Waals surface area contributed by atoms with Crippen LogP contribution in [-0.4, -0.2) is 40.8 Å². The maximum Gasteiger partial charge on any atom is 0.359 e. The van der Waals surface area contributed by atoms with Gasteiger partial charge >= 0.3 is 11.9 Å². The molecule has 0 atom stereocenters. The fourth-order valence-electron chi connectivity index (χ4n) is 2.90. The Hall–Kier alpha value is -3.79. The molecule has 0 saturated carbocycles. The molecule has 0 saturated heterocycles. The van der Waals surface area contributed by atoms with Crippen molar-refractivity contribution in [2.75, 3.05) is 18.5 Å². The highest BCUT2D eigenvalue weighted by molar-refractivity contribution is 7.18. The van der Waals surface area contributed by atoms with Gasteiger partial charge in [0.15, 0.2) is 12.3 Å². The van der Waals surface area contributed by atoms with Crippen LogP contribution in [0.1, 0.15) is 40.4 Å². The average Bonchev–Trinajstić information content (AvgIpc) is 3.23. The highest BCUT2D eigenvalue weighted by Crippen LogP contribution is 2.35. The fourth-order valence-corrected chi connectivity index (χ4v) is 3.91. The lowest BCUT2D eigenvalue weighted by atomic mass is 10.2. The van der Waals surface area contributed by atoms with Crippen molar-refractivity contribution >= 4 is 34.9 Å². The molecule has 0 bridgehead atoms. The lowest BCUT2D eigenvalue weighted by Gasteiger charge is -2.08. The number of ether oxygens (including phenoxy) is 2. The largest absolute Gasteiger partial charge is 0.462 e. The van der Waals surface area contributed by atoms with Crippen LogP contribution < -0.4 is 10.9 Å². The first-order chi connectivity index (χ1) is 15.9. The van der Waals surface area contributed by atoms with E-state index in [1.165, 1.54) is 28.2 Å². The van der Waals surface area contributed by atoms with E-state index in [1.54, 1.807) is 13.0 Å². The average molecular weight is 470 g/mol. The minimum absolute atomic E-state index is 0.0787. The first-order valence-electron chi connectivity index (χ1n) is 10.3. The lowest BCUT2D eigenvalue weighted by Crippen LogP contribution is -2.26. The predicted molar refractivity (Wildman–Crippen MR) is 123 cm³/mol. The summed E-state index contributed by atoms with van der Waals surface area (Å²) >= 11 is 1.19. The van der Waals surface area contributed by atoms with Crippen LogP contribution in [0.4, 0.5) is 5.69 Å². The Labute approximate surface area is 194 Å². The monoisotopic (exact) mass is 469 g/mol. The third-order valence-corrected chi connectivity index (χ3v) is 5.53. The Morgan fingerprint density at radius 3 is 2.48 bits per heavy atom. The highest BCUT2D eigenvalue weighted by Gasteiger charge is 2.21. The summed E-state index contributed by atoms with van der Waals surface area (Å²) in [6.07, 6.45) is 0.669. The van der Waals surface area contributed by atoms with E-state index >= 15 is 0 Å². The lowest BCUT2D eigenvalue weighted by molar-refractivity contribution is -0.119. The van der Waals surface area contributed by atoms with Gasteiger partial charge in [0.2, 0.25) is 0 Å². The number of carbonyl (C=O) groups excluding carboxylic acids is 3. The smallest absolute Gasteiger partial charge is 0.359 e. The second kappa shape index (κ2) is 11.2. The van der Waals surface area contributed by atoms with Gasteiger partial charge in [-0.15, -0.1) is 11.3 Å². The third-order valence-electron chi connectivity index (χ3n) is 4.37. The maximum atomic E-state index is 12.4. The number of hydrogen-bond acceptors (Lipinski definition) is 8. The zero-order valence-electron chi connectivity index (χ0n) is 18.2. The van der Waals surface area contributed by atoms with Crippen molar-refractivity contribution in [2.24, 2.45) is 0 Å². The number of amides is 1. The molecule has 1 aromatic carbocycles. The Balaban J connectivity index is 1.71. The number of thiophene rings is 1. The number of carbonyl (C=O) groups is 3. The maximum absolute atomic E-state index is 12.4. The van der Waals surface area contributed by atoms with Gasteiger partial charge in [-0.25, -0.2) is 14.3 Å². The van der Waals surface area contributed by atoms with Crippen LogP contribution >= 0.6 is 11.3 Å². The summed E-state index contributed by atoms with van der Waals surface area (Å²) in [5.74, 6) is -2.02. The van der Waals surface area contributed by atoms with E-state index in [2.05, 4.69) is 10.4 Å². The van der Waals surface area contributed by atoms with Crippen molar-refractivity contribution in [3.05, 3.63) is 69.5 Å². The van der Waals surface area contributed by atoms with E-state index in [0.29, 0.717) is 13.0 Å². The van der Waals surface area contributed by atoms with Crippen molar-refractivity contribution in [3.8, 4) is 10.4 Å². The van der Waals surface area contributed by atoms with Crippen LogP contribution in [0.15, 0.2) is 53.3 Å². The van der Waals surface area contributed by atoms with Crippen LogP contribution in [0.3, 0.4) is 0 Å². The zero-order valence-corrected chi connectivity index (χ0v) is 19.0. The van der Waals surface area contributed by atoms with Gasteiger partial charge in [-0.2, -0.15) is 5.10 Å². The number of esters is 2. The molecule has 0 aliphatic rings. The van der Waals surface area contributed by atoms with Crippen LogP contribution in [-0.2, 0) is 20.8 Å². The standard InChI is InChI=1S/C23H23N3O6S/c1-3-12-26-20(28)11-10-16(25-26)22(29)32-14-19(27)24-17-13-18(15-8-6-5-7-9-15)33-21(17)23(30)31-4-2/h5-11,13H,3-4,12,14H2,1-2H3,(H,24,27). The van der Waals surface area contributed by atoms with Crippen LogP contribution in [0.25, 0.3) is 10.4 Å². The molecule has 2 aromatic heterocycles. The Morgan fingerprint density at radius 1 is 1.03 bits per heavy atom. The number of nitrogens with one attached hydrogen (secondary N) is 1. The minimum Gasteiger partial charge on any atom is -0.462 e. The molecule has 172 valence electrons. The molecule has 0 unspecified atom stereocenters. The molecule has 3 aromatic rings. The Kier molecular flexibility index (Phi) is 8.09. The quantitative estimate of drug-likeness (QED) is 0.478. The number of nitrogens with zero attached hydrogens (tertiary/aromatic N) is 2. The highest BCUT2D eigenvalue weighted by atomic mass is 32.1. The summed E-state index contributed by atoms with van der Waals surface area (Å²) in [7, 11) is 0. The van der Waals surface area contributed by atoms with Crippen LogP contribution in [0.5, 0.6) is 0 Å². The van der Waals surface area contributed by atoms with Crippen molar-refractivity contribution in [1.82, 2.24) is 9.78 Å². The summed E-state index contributed by atoms with van der Waals surface area (Å²) in [4.78, 5) is 49.8. The van der Waals surface area contributed by atoms with Gasteiger partial charge in [-0.05, 0) is 31.0 Å². The van der Waals surface area contributed by atoms with Gasteiger partial charge < -0.3 is 14.8 Å². The molecule has 2 heterocycles. The number of anilines is 1. The van der Waals surface area contributed by atoms with Gasteiger partial charge in [0.25, 0.3) is 11.5 Å². The second-order valence-corrected chi connectivity index (χ2v) is 7.90. The van der Waals surface area contributed by atoms with Gasteiger partial charge in [0.1, 0.15) is 4.88 Å². The van der Waals surface area contributed by atoms with E-state index in [-0.39, 0.29) is 28.4 Å². The molecule has 0 aliphatic heterocycles. The molecule has 9 nitrogen and oxygen atoms in total. The second-order valence-electron chi connectivity index (χ2n) is 6.84. The number of hydrogen-bond donors (Lipinski definition) is 1. The van der Waals surface area contributed by atoms with Crippen LogP contribution in [0.2, 0.25) is 0 Å². The minimum atomic E-state index is -0.837. The number of aromatic nitrogens is 2. The molecule has 3 rings (SSSR count). The molecule has 1 N–H and O–H groups in total. The summed E-state index contributed by atoms with van der Waals surface area (Å²) < 4.78 is 11.3. The fraction of sp³-hybridized carbons (Fsp3) is 0.261. The molecular formula is C23H23N3O6S. The number of benzene rings is 1. The number of aryl methyl sites for hydroxylation is 1. The normalized spacial score (nSPS) is 10.5. The molecule has 0 fully saturated rings. The van der Waals surface area contributed by atoms with Crippen molar-refractivity contribution in [3.63, 3.8) is 0 Å². The SMILES string of the molecule is CCCn1nc(C(=O)OCC(=O)Nc2cc(-c3ccccc3)sc2C(=O)OCC)ccc1=O. The number of rotatable bonds is 9. The van der Waals surface area contributed by atoms with E-state index in [4.69, 9.17) is 9.47 Å². The summed E-state index contributed by atoms with van der Waals surface area (Å²) in [6, 6.07) is 13.5. The molecule has 33 heavy (non-hydrogen) atoms. The molecule has 0 spiro atoms. The van der Waals surface area contributed by atoms with Crippen molar-refractivity contribution < 1.29 is 23.9 Å². The first kappa shape index (κ1) is 23.9. The first-order valence-corrected chi connectivity index (χ1v) is 11.2. The van der Waals surface area contributed by atoms with E-state index in [9.17, 15) is 19.2 Å². The predicted octanol–water partition coefficient (Wildman–Crippen LogP) is 3.35. The summed E-state index contributed by atoms with van der Waals surface area (Å²) in [5.41, 5.74) is 0.746. The van der Waals surface area contributed by atoms with Crippen LogP contribution in [0, 0.1) is 0 Å². The van der Waals surface area contributed by atoms with Gasteiger partial charge in [0, 0.05) is 17.5 Å². The van der Waals surface area contributed by atoms with Crippen molar-refractivity contribution in [2.45, 2.75) is 26.8 Å². The molecular weight excluding hydrogens is 446 g/mol. The van der Waals surface area contributed by atoms with E-state index < -0.39 is 24.5 Å². The molecule has 1 amide bonds. The van der Waals surface area contributed by atoms with E-state index in [0.717, 1.165) is 10.4 Å². The molecule has 10 heteroatoms. The van der Waals surface area contributed by atoms with E-state index in [1.807, 2.05) is 37.3 Å². The Morgan fingerprint density at radius 2 is 1.79 bits per heavy atom. The third kappa shape index (κ3) is 6.13. The Bertz CT molecular complexity index is 1200.